The maximum Gasteiger partial charge on any atom is 0.159 e. The average molecular weight is 236 g/mol. The monoisotopic (exact) mass is 236 g/mol. The number of thiazole rings is 1. The average Bonchev–Trinajstić information content (AvgIpc) is 2.96. The van der Waals surface area contributed by atoms with Gasteiger partial charge in [0, 0.05) is 6.54 Å². The Kier molecular flexibility index (Phi) is 2.45. The van der Waals surface area contributed by atoms with Gasteiger partial charge < -0.3 is 10.0 Å². The highest BCUT2D eigenvalue weighted by Crippen LogP contribution is 2.29. The fourth-order valence-electron chi connectivity index (χ4n) is 2.20. The molecule has 84 valence electrons. The van der Waals surface area contributed by atoms with E-state index in [1.165, 1.54) is 11.3 Å². The van der Waals surface area contributed by atoms with Crippen LogP contribution in [0, 0.1) is 0 Å². The van der Waals surface area contributed by atoms with E-state index in [4.69, 9.17) is 0 Å². The molecule has 1 saturated heterocycles. The summed E-state index contributed by atoms with van der Waals surface area (Å²) in [7, 11) is 0. The Labute approximate surface area is 96.8 Å². The first-order chi connectivity index (χ1) is 7.90. The number of anilines is 1. The number of hydrogen-bond donors (Lipinski definition) is 1. The van der Waals surface area contributed by atoms with Gasteiger partial charge in [0.05, 0.1) is 18.2 Å². The Morgan fingerprint density at radius 1 is 1.44 bits per heavy atom. The number of aromatic nitrogens is 3. The standard InChI is InChI=1S/C10H12N4OS/c15-4-7-2-1-3-14(7)9-8-10(12-5-11-9)16-6-13-8/h5-7,15H,1-4H2/t7-/m0/s1. The van der Waals surface area contributed by atoms with Gasteiger partial charge in [-0.15, -0.1) is 11.3 Å². The van der Waals surface area contributed by atoms with Gasteiger partial charge in [0.25, 0.3) is 0 Å². The van der Waals surface area contributed by atoms with Gasteiger partial charge in [-0.05, 0) is 12.8 Å². The molecule has 1 atom stereocenters. The normalized spacial score (nSPS) is 20.8. The highest BCUT2D eigenvalue weighted by molar-refractivity contribution is 7.16. The van der Waals surface area contributed by atoms with Gasteiger partial charge in [-0.25, -0.2) is 15.0 Å². The lowest BCUT2D eigenvalue weighted by Crippen LogP contribution is -2.32. The van der Waals surface area contributed by atoms with E-state index >= 15 is 0 Å². The van der Waals surface area contributed by atoms with Crippen LogP contribution in [0.15, 0.2) is 11.8 Å². The maximum atomic E-state index is 9.32. The van der Waals surface area contributed by atoms with Crippen LogP contribution in [-0.4, -0.2) is 39.3 Å². The molecule has 5 nitrogen and oxygen atoms in total. The third-order valence-electron chi connectivity index (χ3n) is 2.98. The molecule has 0 spiro atoms. The summed E-state index contributed by atoms with van der Waals surface area (Å²) in [5.41, 5.74) is 2.64. The van der Waals surface area contributed by atoms with Crippen molar-refractivity contribution in [1.82, 2.24) is 15.0 Å². The Balaban J connectivity index is 2.07. The summed E-state index contributed by atoms with van der Waals surface area (Å²) in [6.45, 7) is 1.12. The molecule has 0 aliphatic carbocycles. The predicted octanol–water partition coefficient (Wildman–Crippen LogP) is 1.05. The van der Waals surface area contributed by atoms with E-state index in [1.54, 1.807) is 11.8 Å². The molecule has 0 unspecified atom stereocenters. The van der Waals surface area contributed by atoms with E-state index in [2.05, 4.69) is 19.9 Å². The van der Waals surface area contributed by atoms with Crippen LogP contribution in [0.3, 0.4) is 0 Å². The van der Waals surface area contributed by atoms with Crippen LogP contribution in [0.5, 0.6) is 0 Å². The molecule has 1 fully saturated rings. The molecule has 2 aromatic rings. The number of hydrogen-bond acceptors (Lipinski definition) is 6. The zero-order chi connectivity index (χ0) is 11.0. The number of aliphatic hydroxyl groups excluding tert-OH is 1. The number of rotatable bonds is 2. The van der Waals surface area contributed by atoms with Crippen molar-refractivity contribution in [1.29, 1.82) is 0 Å². The minimum atomic E-state index is 0.176. The molecular weight excluding hydrogens is 224 g/mol. The van der Waals surface area contributed by atoms with Gasteiger partial charge in [0.1, 0.15) is 16.7 Å². The molecule has 1 N–H and O–H groups in total. The second kappa shape index (κ2) is 3.95. The fourth-order valence-corrected chi connectivity index (χ4v) is 2.82. The Bertz CT molecular complexity index is 500. The van der Waals surface area contributed by atoms with Crippen LogP contribution in [0.25, 0.3) is 10.3 Å². The van der Waals surface area contributed by atoms with Gasteiger partial charge in [-0.1, -0.05) is 0 Å². The van der Waals surface area contributed by atoms with Crippen LogP contribution in [0.2, 0.25) is 0 Å². The third kappa shape index (κ3) is 1.45. The van der Waals surface area contributed by atoms with Crippen LogP contribution < -0.4 is 4.90 Å². The molecular formula is C10H12N4OS. The van der Waals surface area contributed by atoms with Crippen LogP contribution in [-0.2, 0) is 0 Å². The smallest absolute Gasteiger partial charge is 0.159 e. The maximum absolute atomic E-state index is 9.32. The van der Waals surface area contributed by atoms with E-state index in [0.29, 0.717) is 0 Å². The quantitative estimate of drug-likeness (QED) is 0.844. The lowest BCUT2D eigenvalue weighted by molar-refractivity contribution is 0.266. The molecule has 2 aromatic heterocycles. The zero-order valence-corrected chi connectivity index (χ0v) is 9.52. The van der Waals surface area contributed by atoms with Gasteiger partial charge in [-0.3, -0.25) is 0 Å². The lowest BCUT2D eigenvalue weighted by Gasteiger charge is -2.23. The second-order valence-electron chi connectivity index (χ2n) is 3.88. The summed E-state index contributed by atoms with van der Waals surface area (Å²) in [4.78, 5) is 15.8. The van der Waals surface area contributed by atoms with Crippen molar-refractivity contribution in [3.8, 4) is 0 Å². The second-order valence-corrected chi connectivity index (χ2v) is 4.71. The highest BCUT2D eigenvalue weighted by atomic mass is 32.1. The Hall–Kier alpha value is -1.27. The number of nitrogens with zero attached hydrogens (tertiary/aromatic N) is 4. The molecule has 3 heterocycles. The summed E-state index contributed by atoms with van der Waals surface area (Å²) < 4.78 is 0. The first kappa shape index (κ1) is 9.92. The largest absolute Gasteiger partial charge is 0.394 e. The predicted molar refractivity (Wildman–Crippen MR) is 62.7 cm³/mol. The van der Waals surface area contributed by atoms with Crippen molar-refractivity contribution in [2.75, 3.05) is 18.1 Å². The SMILES string of the molecule is OC[C@@H]1CCCN1c1ncnc2scnc12. The van der Waals surface area contributed by atoms with Crippen molar-refractivity contribution in [3.05, 3.63) is 11.8 Å². The van der Waals surface area contributed by atoms with Crippen molar-refractivity contribution in [3.63, 3.8) is 0 Å². The number of aliphatic hydroxyl groups is 1. The fraction of sp³-hybridized carbons (Fsp3) is 0.500. The van der Waals surface area contributed by atoms with Gasteiger partial charge in [-0.2, -0.15) is 0 Å². The Morgan fingerprint density at radius 3 is 3.25 bits per heavy atom. The molecule has 16 heavy (non-hydrogen) atoms. The molecule has 1 aliphatic rings. The van der Waals surface area contributed by atoms with E-state index in [1.807, 2.05) is 0 Å². The summed E-state index contributed by atoms with van der Waals surface area (Å²) in [5, 5.41) is 9.32. The number of fused-ring (bicyclic) bond motifs is 1. The van der Waals surface area contributed by atoms with E-state index in [0.717, 1.165) is 35.6 Å². The van der Waals surface area contributed by atoms with Crippen molar-refractivity contribution in [2.45, 2.75) is 18.9 Å². The summed E-state index contributed by atoms with van der Waals surface area (Å²) in [6.07, 6.45) is 3.69. The highest BCUT2D eigenvalue weighted by Gasteiger charge is 2.26. The van der Waals surface area contributed by atoms with Crippen molar-refractivity contribution in [2.24, 2.45) is 0 Å². The first-order valence-electron chi connectivity index (χ1n) is 5.32. The first-order valence-corrected chi connectivity index (χ1v) is 6.20. The van der Waals surface area contributed by atoms with Crippen LogP contribution >= 0.6 is 11.3 Å². The molecule has 0 amide bonds. The topological polar surface area (TPSA) is 62.1 Å². The van der Waals surface area contributed by atoms with Crippen LogP contribution in [0.1, 0.15) is 12.8 Å². The van der Waals surface area contributed by atoms with E-state index in [9.17, 15) is 5.11 Å². The summed E-state index contributed by atoms with van der Waals surface area (Å²) in [6, 6.07) is 0.180. The molecule has 3 rings (SSSR count). The molecule has 6 heteroatoms. The minimum Gasteiger partial charge on any atom is -0.394 e. The lowest BCUT2D eigenvalue weighted by atomic mass is 10.2. The summed E-state index contributed by atoms with van der Waals surface area (Å²) >= 11 is 1.52. The third-order valence-corrected chi connectivity index (χ3v) is 3.71. The van der Waals surface area contributed by atoms with E-state index < -0.39 is 0 Å². The van der Waals surface area contributed by atoms with Gasteiger partial charge in [0.15, 0.2) is 5.82 Å². The molecule has 1 aliphatic heterocycles. The minimum absolute atomic E-state index is 0.176. The molecule has 0 radical (unpaired) electrons. The van der Waals surface area contributed by atoms with Gasteiger partial charge >= 0.3 is 0 Å². The molecule has 0 bridgehead atoms. The molecule has 0 aromatic carbocycles. The van der Waals surface area contributed by atoms with Crippen molar-refractivity contribution < 1.29 is 5.11 Å². The van der Waals surface area contributed by atoms with Crippen molar-refractivity contribution >= 4 is 27.5 Å². The molecule has 0 saturated carbocycles. The van der Waals surface area contributed by atoms with Gasteiger partial charge in [0.2, 0.25) is 0 Å². The zero-order valence-electron chi connectivity index (χ0n) is 8.70. The Morgan fingerprint density at radius 2 is 2.38 bits per heavy atom. The summed E-state index contributed by atoms with van der Waals surface area (Å²) in [5.74, 6) is 0.864. The van der Waals surface area contributed by atoms with E-state index in [-0.39, 0.29) is 12.6 Å². The van der Waals surface area contributed by atoms with Crippen LogP contribution in [0.4, 0.5) is 5.82 Å².